The number of hydrogen-bond acceptors (Lipinski definition) is 3. The Morgan fingerprint density at radius 2 is 2.12 bits per heavy atom. The Morgan fingerprint density at radius 3 is 2.76 bits per heavy atom. The van der Waals surface area contributed by atoms with Crippen LogP contribution in [0.15, 0.2) is 12.5 Å². The van der Waals surface area contributed by atoms with Gasteiger partial charge >= 0.3 is 0 Å². The van der Waals surface area contributed by atoms with Gasteiger partial charge < -0.3 is 14.8 Å². The fourth-order valence-electron chi connectivity index (χ4n) is 2.55. The van der Waals surface area contributed by atoms with Crippen LogP contribution in [0.25, 0.3) is 0 Å². The molecule has 0 amide bonds. The first kappa shape index (κ1) is 12.6. The molecule has 0 radical (unpaired) electrons. The maximum absolute atomic E-state index is 4.26. The van der Waals surface area contributed by atoms with E-state index in [9.17, 15) is 0 Å². The Bertz CT molecular complexity index is 350. The molecular formula is C13H24N4. The first-order valence-corrected chi connectivity index (χ1v) is 6.45. The molecule has 0 saturated carbocycles. The summed E-state index contributed by atoms with van der Waals surface area (Å²) in [6.45, 7) is 6.83. The average Bonchev–Trinajstić information content (AvgIpc) is 2.71. The van der Waals surface area contributed by atoms with Crippen LogP contribution in [0, 0.1) is 5.41 Å². The van der Waals surface area contributed by atoms with E-state index >= 15 is 0 Å². The zero-order chi connectivity index (χ0) is 12.3. The van der Waals surface area contributed by atoms with Crippen LogP contribution in [-0.4, -0.2) is 41.6 Å². The molecule has 0 atom stereocenters. The van der Waals surface area contributed by atoms with Crippen molar-refractivity contribution in [3.8, 4) is 0 Å². The summed E-state index contributed by atoms with van der Waals surface area (Å²) >= 11 is 0. The van der Waals surface area contributed by atoms with Crippen molar-refractivity contribution < 1.29 is 0 Å². The summed E-state index contributed by atoms with van der Waals surface area (Å²) < 4.78 is 2.31. The Morgan fingerprint density at radius 1 is 1.41 bits per heavy atom. The molecule has 4 heteroatoms. The van der Waals surface area contributed by atoms with Crippen LogP contribution < -0.4 is 5.32 Å². The third-order valence-corrected chi connectivity index (χ3v) is 3.90. The maximum atomic E-state index is 4.26. The highest BCUT2D eigenvalue weighted by atomic mass is 15.1. The smallest absolute Gasteiger partial charge is 0.0948 e. The van der Waals surface area contributed by atoms with Crippen LogP contribution in [0.5, 0.6) is 0 Å². The second kappa shape index (κ2) is 5.19. The molecule has 1 fully saturated rings. The van der Waals surface area contributed by atoms with Gasteiger partial charge in [0, 0.05) is 19.3 Å². The van der Waals surface area contributed by atoms with Crippen LogP contribution in [0.3, 0.4) is 0 Å². The van der Waals surface area contributed by atoms with E-state index in [1.807, 2.05) is 19.6 Å². The Kier molecular flexibility index (Phi) is 3.84. The fraction of sp³-hybridized carbons (Fsp3) is 0.769. The van der Waals surface area contributed by atoms with Crippen LogP contribution in [0.4, 0.5) is 0 Å². The van der Waals surface area contributed by atoms with Gasteiger partial charge in [0.2, 0.25) is 0 Å². The quantitative estimate of drug-likeness (QED) is 0.856. The van der Waals surface area contributed by atoms with Gasteiger partial charge in [0.25, 0.3) is 0 Å². The summed E-state index contributed by atoms with van der Waals surface area (Å²) in [5.74, 6) is 0. The lowest BCUT2D eigenvalue weighted by molar-refractivity contribution is 0.119. The standard InChI is InChI=1S/C13H24N4/c1-13(4-6-16(3)7-5-13)10-17-11-15-9-12(17)8-14-2/h9,11,14H,4-8,10H2,1-3H3. The van der Waals surface area contributed by atoms with Gasteiger partial charge in [0.1, 0.15) is 0 Å². The summed E-state index contributed by atoms with van der Waals surface area (Å²) in [5, 5.41) is 3.20. The van der Waals surface area contributed by atoms with E-state index in [4.69, 9.17) is 0 Å². The molecule has 0 spiro atoms. The van der Waals surface area contributed by atoms with E-state index in [1.165, 1.54) is 31.6 Å². The van der Waals surface area contributed by atoms with Gasteiger partial charge in [-0.1, -0.05) is 6.92 Å². The summed E-state index contributed by atoms with van der Waals surface area (Å²) in [4.78, 5) is 6.69. The summed E-state index contributed by atoms with van der Waals surface area (Å²) in [5.41, 5.74) is 1.71. The molecule has 0 aliphatic carbocycles. The summed E-state index contributed by atoms with van der Waals surface area (Å²) in [6.07, 6.45) is 6.49. The number of aromatic nitrogens is 2. The number of nitrogens with zero attached hydrogens (tertiary/aromatic N) is 3. The van der Waals surface area contributed by atoms with Gasteiger partial charge in [-0.2, -0.15) is 0 Å². The predicted octanol–water partition coefficient (Wildman–Crippen LogP) is 1.33. The Hall–Kier alpha value is -0.870. The number of piperidine rings is 1. The van der Waals surface area contributed by atoms with E-state index in [-0.39, 0.29) is 0 Å². The highest BCUT2D eigenvalue weighted by Gasteiger charge is 2.29. The van der Waals surface area contributed by atoms with Crippen molar-refractivity contribution in [3.05, 3.63) is 18.2 Å². The lowest BCUT2D eigenvalue weighted by Crippen LogP contribution is -2.38. The van der Waals surface area contributed by atoms with Crippen molar-refractivity contribution in [2.75, 3.05) is 27.2 Å². The minimum Gasteiger partial charge on any atom is -0.333 e. The number of nitrogens with one attached hydrogen (secondary N) is 1. The predicted molar refractivity (Wildman–Crippen MR) is 69.8 cm³/mol. The molecule has 1 N–H and O–H groups in total. The molecule has 1 aliphatic heterocycles. The molecular weight excluding hydrogens is 212 g/mol. The first-order chi connectivity index (χ1) is 8.13. The van der Waals surface area contributed by atoms with E-state index < -0.39 is 0 Å². The number of likely N-dealkylation sites (tertiary alicyclic amines) is 1. The molecule has 17 heavy (non-hydrogen) atoms. The second-order valence-corrected chi connectivity index (χ2v) is 5.66. The van der Waals surface area contributed by atoms with Crippen molar-refractivity contribution in [1.82, 2.24) is 19.8 Å². The van der Waals surface area contributed by atoms with Crippen molar-refractivity contribution in [2.24, 2.45) is 5.41 Å². The molecule has 4 nitrogen and oxygen atoms in total. The van der Waals surface area contributed by atoms with Gasteiger partial charge in [0.15, 0.2) is 0 Å². The largest absolute Gasteiger partial charge is 0.333 e. The van der Waals surface area contributed by atoms with Crippen LogP contribution in [0.1, 0.15) is 25.5 Å². The van der Waals surface area contributed by atoms with E-state index in [2.05, 4.69) is 33.7 Å². The lowest BCUT2D eigenvalue weighted by Gasteiger charge is -2.38. The summed E-state index contributed by atoms with van der Waals surface area (Å²) in [6, 6.07) is 0. The van der Waals surface area contributed by atoms with E-state index in [0.717, 1.165) is 13.1 Å². The van der Waals surface area contributed by atoms with E-state index in [1.54, 1.807) is 0 Å². The Balaban J connectivity index is 2.01. The van der Waals surface area contributed by atoms with E-state index in [0.29, 0.717) is 5.41 Å². The molecule has 1 saturated heterocycles. The van der Waals surface area contributed by atoms with Crippen LogP contribution in [0.2, 0.25) is 0 Å². The van der Waals surface area contributed by atoms with Gasteiger partial charge in [-0.05, 0) is 45.4 Å². The minimum absolute atomic E-state index is 0.426. The molecule has 96 valence electrons. The van der Waals surface area contributed by atoms with Crippen LogP contribution >= 0.6 is 0 Å². The highest BCUT2D eigenvalue weighted by molar-refractivity contribution is 4.99. The average molecular weight is 236 g/mol. The summed E-state index contributed by atoms with van der Waals surface area (Å²) in [7, 11) is 4.19. The molecule has 0 unspecified atom stereocenters. The van der Waals surface area contributed by atoms with Crippen LogP contribution in [-0.2, 0) is 13.1 Å². The zero-order valence-corrected chi connectivity index (χ0v) is 11.2. The lowest BCUT2D eigenvalue weighted by atomic mass is 9.80. The topological polar surface area (TPSA) is 33.1 Å². The van der Waals surface area contributed by atoms with Gasteiger partial charge in [-0.15, -0.1) is 0 Å². The second-order valence-electron chi connectivity index (χ2n) is 5.66. The molecule has 1 aliphatic rings. The molecule has 1 aromatic rings. The van der Waals surface area contributed by atoms with Crippen molar-refractivity contribution >= 4 is 0 Å². The fourth-order valence-corrected chi connectivity index (χ4v) is 2.55. The third-order valence-electron chi connectivity index (χ3n) is 3.90. The Labute approximate surface area is 104 Å². The minimum atomic E-state index is 0.426. The maximum Gasteiger partial charge on any atom is 0.0948 e. The zero-order valence-electron chi connectivity index (χ0n) is 11.2. The first-order valence-electron chi connectivity index (χ1n) is 6.45. The van der Waals surface area contributed by atoms with Crippen molar-refractivity contribution in [1.29, 1.82) is 0 Å². The molecule has 0 bridgehead atoms. The number of rotatable bonds is 4. The number of imidazole rings is 1. The monoisotopic (exact) mass is 236 g/mol. The third kappa shape index (κ3) is 3.07. The van der Waals surface area contributed by atoms with Gasteiger partial charge in [-0.3, -0.25) is 0 Å². The van der Waals surface area contributed by atoms with Crippen molar-refractivity contribution in [2.45, 2.75) is 32.9 Å². The van der Waals surface area contributed by atoms with Crippen molar-refractivity contribution in [3.63, 3.8) is 0 Å². The molecule has 0 aromatic carbocycles. The van der Waals surface area contributed by atoms with Gasteiger partial charge in [-0.25, -0.2) is 4.98 Å². The molecule has 1 aromatic heterocycles. The SMILES string of the molecule is CNCc1cncn1CC1(C)CCN(C)CC1. The number of hydrogen-bond donors (Lipinski definition) is 1. The normalized spacial score (nSPS) is 20.6. The molecule has 2 rings (SSSR count). The van der Waals surface area contributed by atoms with Gasteiger partial charge in [0.05, 0.1) is 12.0 Å². The molecule has 2 heterocycles. The highest BCUT2D eigenvalue weighted by Crippen LogP contribution is 2.32.